The first kappa shape index (κ1) is 99.4. The number of aliphatic carboxylic acids is 1. The Morgan fingerprint density at radius 3 is 1.43 bits per heavy atom. The van der Waals surface area contributed by atoms with Gasteiger partial charge in [-0.2, -0.15) is 15.0 Å². The number of imidazole rings is 2. The monoisotopic (exact) mass is 2060 g/mol. The van der Waals surface area contributed by atoms with E-state index in [2.05, 4.69) is 85.1 Å². The van der Waals surface area contributed by atoms with Gasteiger partial charge in [0.25, 0.3) is 11.8 Å². The predicted molar refractivity (Wildman–Crippen MR) is 484 cm³/mol. The summed E-state index contributed by atoms with van der Waals surface area (Å²) in [5.41, 5.74) is 2.81. The molecule has 22 atom stereocenters. The average molecular weight is 2070 g/mol. The number of nitrogens with zero attached hydrogens (tertiary/aromatic N) is 8. The third-order valence-corrected chi connectivity index (χ3v) is 33.2. The number of aromatic nitrogens is 8. The minimum Gasteiger partial charge on any atom is -0.480 e. The zero-order chi connectivity index (χ0) is 91.7. The number of halogens is 4. The molecule has 696 valence electrons. The number of carbonyl (C=O) groups excluding carboxylic acids is 6. The smallest absolute Gasteiger partial charge is 0.321 e. The third kappa shape index (κ3) is 21.2. The van der Waals surface area contributed by atoms with E-state index in [1.807, 2.05) is 101 Å². The van der Waals surface area contributed by atoms with E-state index in [4.69, 9.17) is 111 Å². The number of carboxylic acid groups (broad SMARTS) is 1. The number of thioether (sulfide) groups is 6. The van der Waals surface area contributed by atoms with Crippen molar-refractivity contribution in [2.24, 2.45) is 0 Å². The summed E-state index contributed by atoms with van der Waals surface area (Å²) in [6.45, 7) is 26.4. The van der Waals surface area contributed by atoms with Crippen molar-refractivity contribution in [3.63, 3.8) is 0 Å². The lowest BCUT2D eigenvalue weighted by molar-refractivity contribution is -0.156. The highest BCUT2D eigenvalue weighted by Crippen LogP contribution is 2.55. The molecule has 0 bridgehead atoms. The number of hydrogen-bond donors (Lipinski definition) is 6. The maximum atomic E-state index is 13.3. The number of rotatable bonds is 12. The molecule has 0 saturated carbocycles. The lowest BCUT2D eigenvalue weighted by Gasteiger charge is -2.33. The lowest BCUT2D eigenvalue weighted by Crippen LogP contribution is -2.53. The van der Waals surface area contributed by atoms with Crippen molar-refractivity contribution in [3.05, 3.63) is 61.8 Å². The zero-order valence-corrected chi connectivity index (χ0v) is 82.6. The lowest BCUT2D eigenvalue weighted by atomic mass is 10.1. The molecule has 14 fully saturated rings. The van der Waals surface area contributed by atoms with Crippen molar-refractivity contribution in [2.75, 3.05) is 80.9 Å². The summed E-state index contributed by atoms with van der Waals surface area (Å²) in [6.07, 6.45) is 1.58. The number of benzene rings is 1. The molecular weight excluding hydrogens is 1960 g/mol. The molecule has 126 heavy (non-hydrogen) atoms. The summed E-state index contributed by atoms with van der Waals surface area (Å²) in [7, 11) is 6.57. The summed E-state index contributed by atoms with van der Waals surface area (Å²) in [5, 5.41) is 21.6. The number of hydrogen-bond acceptors (Lipinski definition) is 36. The van der Waals surface area contributed by atoms with E-state index in [1.165, 1.54) is 55.8 Å². The van der Waals surface area contributed by atoms with E-state index in [0.717, 1.165) is 32.7 Å². The van der Waals surface area contributed by atoms with Gasteiger partial charge in [-0.3, -0.25) is 42.1 Å². The third-order valence-electron chi connectivity index (χ3n) is 21.8. The second-order valence-electron chi connectivity index (χ2n) is 34.0. The molecular formula is C78H105Cl3IN13O24S7. The van der Waals surface area contributed by atoms with Crippen LogP contribution in [0, 0.1) is 3.57 Å². The maximum Gasteiger partial charge on any atom is 0.321 e. The fraction of sp³-hybridized carbons (Fsp3) is 0.705. The molecule has 22 unspecified atom stereocenters. The number of nitrogens with one attached hydrogen (secondary N) is 5. The topological polar surface area (TPSA) is 443 Å². The molecule has 1 aromatic carbocycles. The van der Waals surface area contributed by atoms with Gasteiger partial charge in [0.05, 0.1) is 55.2 Å². The van der Waals surface area contributed by atoms with Crippen LogP contribution < -0.4 is 26.6 Å². The first-order valence-corrected chi connectivity index (χ1v) is 50.1. The standard InChI is InChI=1S/C21H22ClIN6O3S.C14H15Cl2N5O3S.C9H15NO4S.C9H15NO3S.C9H14O4S.C8H12O4S.C8H12O3S/c1-20(2)31-13-9-33-21(15(13)32-20,18(30)24-3)29-10-26-14-16(27-19(22)28-17(14)29)25-8-11-5-4-6-12(23)7-11;1-13(2)23-6-4-25-14(8(6)24-13,11(22)17-3)21-5-18-7-9(15)19-12(16)20-10(7)21;1-9(2)13-5-4-15(12)7(6(5)14-9)8(11)10-3;1-9(2)12-5-4-14-7(6(5)13-9)8(11)10-3;1-9(2)12-5-4-14-7(6(5)13-9)8(10)11-3;1-8(2)11-4-3-13-6(7(9)10)5(4)12-8;1-8(2)10-5-4-12-6(3-9)7(5)11-8/h4-7,10,13,15H,8-9H2,1-3H3,(H,24,30)(H,25,27,28);5-6,8H,4H2,1-3H3,(H,17,22);5-7H,4H2,1-3H3,(H,10,11);5-7H,4H2,1-3H3,(H,10,11);5-7H,4H2,1-3H3;4-6H,3H2,1-2H3,(H,9,10);3,5-7H,4H2,1-2H3. The number of esters is 1. The Bertz CT molecular complexity index is 4860. The molecule has 6 N–H and O–H groups in total. The van der Waals surface area contributed by atoms with Gasteiger partial charge in [0.1, 0.15) is 93.8 Å². The Hall–Kier alpha value is -4.10. The van der Waals surface area contributed by atoms with Crippen LogP contribution in [-0.2, 0) is 132 Å². The summed E-state index contributed by atoms with van der Waals surface area (Å²) in [5.74, 6) is -0.875. The number of amides is 4. The van der Waals surface area contributed by atoms with E-state index in [-0.39, 0.29) is 134 Å². The van der Waals surface area contributed by atoms with Crippen LogP contribution in [0.4, 0.5) is 5.82 Å². The van der Waals surface area contributed by atoms with Gasteiger partial charge in [-0.1, -0.05) is 23.7 Å². The highest BCUT2D eigenvalue weighted by atomic mass is 127. The van der Waals surface area contributed by atoms with E-state index in [1.54, 1.807) is 85.7 Å². The van der Waals surface area contributed by atoms with Crippen LogP contribution in [0.15, 0.2) is 36.9 Å². The molecule has 4 aromatic heterocycles. The van der Waals surface area contributed by atoms with Gasteiger partial charge in [0, 0.05) is 83.6 Å². The number of fused-ring (bicyclic) bond motifs is 9. The van der Waals surface area contributed by atoms with Crippen LogP contribution in [-0.4, -0.2) is 318 Å². The van der Waals surface area contributed by atoms with Crippen molar-refractivity contribution in [1.29, 1.82) is 0 Å². The zero-order valence-electron chi connectivity index (χ0n) is 72.5. The maximum absolute atomic E-state index is 13.3. The number of carboxylic acids is 1. The van der Waals surface area contributed by atoms with E-state index >= 15 is 0 Å². The number of methoxy groups -OCH3 is 1. The first-order chi connectivity index (χ1) is 59.1. The van der Waals surface area contributed by atoms with Crippen molar-refractivity contribution in [2.45, 2.75) is 265 Å². The molecule has 18 heterocycles. The molecule has 14 saturated heterocycles. The van der Waals surface area contributed by atoms with Crippen molar-refractivity contribution in [3.8, 4) is 0 Å². The Morgan fingerprint density at radius 2 is 0.944 bits per heavy atom. The van der Waals surface area contributed by atoms with Crippen LogP contribution in [0.1, 0.15) is 102 Å². The fourth-order valence-corrected chi connectivity index (χ4v) is 28.0. The minimum absolute atomic E-state index is 0.0187. The van der Waals surface area contributed by atoms with Crippen LogP contribution >= 0.6 is 128 Å². The number of likely N-dealkylation sites (N-methyl/N-ethyl adjacent to an activating group) is 2. The number of aldehydes is 1. The van der Waals surface area contributed by atoms with Gasteiger partial charge < -0.3 is 108 Å². The first-order valence-electron chi connectivity index (χ1n) is 40.3. The molecule has 0 radical (unpaired) electrons. The molecule has 4 amide bonds. The van der Waals surface area contributed by atoms with E-state index < -0.39 is 89.7 Å². The summed E-state index contributed by atoms with van der Waals surface area (Å²) >= 11 is 29.7. The van der Waals surface area contributed by atoms with Crippen molar-refractivity contribution >= 4 is 209 Å². The Morgan fingerprint density at radius 1 is 0.524 bits per heavy atom. The van der Waals surface area contributed by atoms with Gasteiger partial charge in [-0.15, -0.1) is 70.6 Å². The van der Waals surface area contributed by atoms with Crippen molar-refractivity contribution in [1.82, 2.24) is 60.3 Å². The van der Waals surface area contributed by atoms with E-state index in [0.29, 0.717) is 57.7 Å². The number of carbonyl (C=O) groups is 7. The fourth-order valence-electron chi connectivity index (χ4n) is 17.0. The second kappa shape index (κ2) is 39.1. The molecule has 37 nitrogen and oxygen atoms in total. The van der Waals surface area contributed by atoms with Gasteiger partial charge >= 0.3 is 11.9 Å². The quantitative estimate of drug-likeness (QED) is 0.0236. The van der Waals surface area contributed by atoms with Crippen LogP contribution in [0.5, 0.6) is 0 Å². The van der Waals surface area contributed by atoms with Crippen LogP contribution in [0.3, 0.4) is 0 Å². The molecule has 19 rings (SSSR count). The normalized spacial score (nSPS) is 35.2. The highest BCUT2D eigenvalue weighted by molar-refractivity contribution is 14.1. The predicted octanol–water partition coefficient (Wildman–Crippen LogP) is 7.23. The highest BCUT2D eigenvalue weighted by Gasteiger charge is 2.66. The largest absolute Gasteiger partial charge is 0.480 e. The summed E-state index contributed by atoms with van der Waals surface area (Å²) in [4.78, 5) is 106. The minimum atomic E-state index is -1.19. The molecule has 48 heteroatoms. The molecule has 14 aliphatic heterocycles. The van der Waals surface area contributed by atoms with E-state index in [9.17, 15) is 37.8 Å². The summed E-state index contributed by atoms with van der Waals surface area (Å²) < 4.78 is 101. The van der Waals surface area contributed by atoms with Crippen LogP contribution in [0.25, 0.3) is 22.3 Å². The van der Waals surface area contributed by atoms with Gasteiger partial charge in [-0.05, 0) is 160 Å². The molecule has 14 aliphatic rings. The van der Waals surface area contributed by atoms with Crippen LogP contribution in [0.2, 0.25) is 15.7 Å². The van der Waals surface area contributed by atoms with Gasteiger partial charge in [0.2, 0.25) is 32.1 Å². The Labute approximate surface area is 784 Å². The average Bonchev–Trinajstić information content (AvgIpc) is 1.55. The van der Waals surface area contributed by atoms with Crippen molar-refractivity contribution < 1.29 is 114 Å². The molecule has 5 aromatic rings. The Kier molecular flexibility index (Phi) is 30.8. The Balaban J connectivity index is 0.000000131. The SMILES string of the molecule is CC1(C)OC2CSC(C(=O)O)C2O1.CC1(C)OC2CSC(C=O)C2O1.CNC(=O)C1(n2cnc3c(Cl)nc(Cl)nc32)SCC2OC(C)(C)OC21.CNC(=O)C1(n2cnc3c(NCc4cccc(I)c4)nc(Cl)nc32)SCC2OC(C)(C)OC21.CNC(=O)C1C2OC(C)(C)OC2CS1=O.CNC(=O)C1SCC2OC(C)(C)OC21.COC(=O)C1SCC2OC(C)(C)OC21. The van der Waals surface area contributed by atoms with Gasteiger partial charge in [-0.25, -0.2) is 15.0 Å². The molecule has 0 spiro atoms. The number of ether oxygens (including phenoxy) is 15. The second-order valence-corrected chi connectivity index (χ2v) is 45.1. The summed E-state index contributed by atoms with van der Waals surface area (Å²) in [6, 6.07) is 8.15. The van der Waals surface area contributed by atoms with Gasteiger partial charge in [0.15, 0.2) is 68.3 Å². The number of anilines is 1. The molecule has 0 aliphatic carbocycles.